The third-order valence-electron chi connectivity index (χ3n) is 4.04. The van der Waals surface area contributed by atoms with Crippen molar-refractivity contribution < 1.29 is 0 Å². The average molecular weight is 546 g/mol. The molecule has 2 N–H and O–H groups in total. The zero-order chi connectivity index (χ0) is 18.6. The van der Waals surface area contributed by atoms with Crippen LogP contribution in [0.5, 0.6) is 0 Å². The predicted octanol–water partition coefficient (Wildman–Crippen LogP) is 7.96. The van der Waals surface area contributed by atoms with Crippen LogP contribution in [0.1, 0.15) is 11.1 Å². The number of anilines is 1. The third kappa shape index (κ3) is 2.87. The molecular weight excluding hydrogens is 536 g/mol. The molecule has 4 rings (SSSR count). The van der Waals surface area contributed by atoms with E-state index in [0.29, 0.717) is 11.4 Å². The summed E-state index contributed by atoms with van der Waals surface area (Å²) in [6, 6.07) is 4.15. The van der Waals surface area contributed by atoms with Gasteiger partial charge in [-0.1, -0.05) is 0 Å². The van der Waals surface area contributed by atoms with Crippen LogP contribution in [-0.4, -0.2) is 0 Å². The molecule has 0 aliphatic carbocycles. The van der Waals surface area contributed by atoms with E-state index in [0.717, 1.165) is 51.0 Å². The van der Waals surface area contributed by atoms with Crippen molar-refractivity contribution in [1.29, 1.82) is 0 Å². The highest BCUT2D eigenvalue weighted by molar-refractivity contribution is 9.11. The summed E-state index contributed by atoms with van der Waals surface area (Å²) in [6.45, 7) is 4.11. The Labute approximate surface area is 184 Å². The summed E-state index contributed by atoms with van der Waals surface area (Å²) in [7, 11) is 0. The molecule has 1 aromatic carbocycles. The first-order valence-corrected chi connectivity index (χ1v) is 11.7. The van der Waals surface area contributed by atoms with Gasteiger partial charge in [-0.25, -0.2) is 0 Å². The zero-order valence-corrected chi connectivity index (χ0v) is 19.9. The van der Waals surface area contributed by atoms with E-state index >= 15 is 0 Å². The molecule has 4 nitrogen and oxygen atoms in total. The summed E-state index contributed by atoms with van der Waals surface area (Å²) in [5.74, 6) is 0. The van der Waals surface area contributed by atoms with Crippen LogP contribution in [0.3, 0.4) is 0 Å². The molecule has 0 atom stereocenters. The van der Waals surface area contributed by atoms with Gasteiger partial charge >= 0.3 is 0 Å². The summed E-state index contributed by atoms with van der Waals surface area (Å²) in [6.07, 6.45) is 0. The van der Waals surface area contributed by atoms with Gasteiger partial charge < -0.3 is 5.73 Å². The van der Waals surface area contributed by atoms with Gasteiger partial charge in [-0.3, -0.25) is 0 Å². The van der Waals surface area contributed by atoms with E-state index in [1.807, 2.05) is 0 Å². The summed E-state index contributed by atoms with van der Waals surface area (Å²) in [4.78, 5) is 2.11. The second-order valence-corrected chi connectivity index (χ2v) is 11.3. The molecule has 0 unspecified atom stereocenters. The Morgan fingerprint density at radius 1 is 0.962 bits per heavy atom. The Kier molecular flexibility index (Phi) is 4.99. The van der Waals surface area contributed by atoms with E-state index in [4.69, 9.17) is 18.2 Å². The first kappa shape index (κ1) is 18.6. The van der Waals surface area contributed by atoms with E-state index < -0.39 is 0 Å². The first-order valence-electron chi connectivity index (χ1n) is 7.36. The monoisotopic (exact) mass is 544 g/mol. The van der Waals surface area contributed by atoms with Crippen LogP contribution < -0.4 is 5.73 Å². The van der Waals surface area contributed by atoms with Gasteiger partial charge in [0.15, 0.2) is 0 Å². The maximum absolute atomic E-state index is 6.59. The Morgan fingerprint density at radius 2 is 1.46 bits per heavy atom. The quantitative estimate of drug-likeness (QED) is 0.265. The van der Waals surface area contributed by atoms with E-state index in [1.165, 1.54) is 11.4 Å². The van der Waals surface area contributed by atoms with E-state index in [2.05, 4.69) is 70.9 Å². The van der Waals surface area contributed by atoms with Crippen molar-refractivity contribution in [3.8, 4) is 20.9 Å². The standard InChI is InChI=1S/C16H10Br2N4S4/c1-5-3-7(17)24-15(5)9-11(19)12(20-23)10(14-13(9)21-26-22-14)16-6(2)4-8(18)25-16/h3-4H,19H2,1-2H3. The lowest BCUT2D eigenvalue weighted by Gasteiger charge is -2.16. The molecule has 3 aromatic rings. The molecule has 0 saturated heterocycles. The molecule has 0 fully saturated rings. The number of nitrogen functional groups attached to an aromatic ring is 1. The lowest BCUT2D eigenvalue weighted by atomic mass is 9.97. The van der Waals surface area contributed by atoms with Crippen molar-refractivity contribution in [1.82, 2.24) is 0 Å². The molecular formula is C16H10Br2N4S4. The number of aryl methyl sites for hydroxylation is 2. The van der Waals surface area contributed by atoms with Gasteiger partial charge in [0.05, 0.1) is 30.2 Å². The number of halogens is 2. The van der Waals surface area contributed by atoms with Gasteiger partial charge in [0.1, 0.15) is 17.1 Å². The van der Waals surface area contributed by atoms with Gasteiger partial charge in [0, 0.05) is 27.7 Å². The average Bonchev–Trinajstić information content (AvgIpc) is 3.26. The summed E-state index contributed by atoms with van der Waals surface area (Å²) in [5.41, 5.74) is 13.3. The smallest absolute Gasteiger partial charge is 0.116 e. The fraction of sp³-hybridized carbons (Fsp3) is 0.125. The molecule has 26 heavy (non-hydrogen) atoms. The highest BCUT2D eigenvalue weighted by atomic mass is 79.9. The molecule has 3 heterocycles. The van der Waals surface area contributed by atoms with Crippen molar-refractivity contribution in [3.05, 3.63) is 30.8 Å². The number of nitrogens with two attached hydrogens (primary N) is 1. The topological polar surface area (TPSA) is 63.1 Å². The number of hydrogen-bond acceptors (Lipinski definition) is 7. The number of nitrogens with zero attached hydrogens (tertiary/aromatic N) is 3. The summed E-state index contributed by atoms with van der Waals surface area (Å²) >= 11 is 16.6. The van der Waals surface area contributed by atoms with Crippen LogP contribution in [0.2, 0.25) is 0 Å². The van der Waals surface area contributed by atoms with Crippen LogP contribution in [0.15, 0.2) is 32.8 Å². The maximum atomic E-state index is 6.59. The minimum Gasteiger partial charge on any atom is -0.396 e. The van der Waals surface area contributed by atoms with Crippen LogP contribution in [0.25, 0.3) is 20.9 Å². The van der Waals surface area contributed by atoms with Gasteiger partial charge in [0.2, 0.25) is 0 Å². The summed E-state index contributed by atoms with van der Waals surface area (Å²) in [5, 5.41) is 0. The largest absolute Gasteiger partial charge is 0.396 e. The number of benzene rings is 1. The lowest BCUT2D eigenvalue weighted by Crippen LogP contribution is -1.94. The Bertz CT molecular complexity index is 1150. The predicted molar refractivity (Wildman–Crippen MR) is 123 cm³/mol. The molecule has 132 valence electrons. The van der Waals surface area contributed by atoms with Crippen molar-refractivity contribution in [2.24, 2.45) is 13.1 Å². The number of hydrogen-bond donors (Lipinski definition) is 1. The normalized spacial score (nSPS) is 12.3. The van der Waals surface area contributed by atoms with Crippen LogP contribution in [0.4, 0.5) is 22.7 Å². The molecule has 0 radical (unpaired) electrons. The van der Waals surface area contributed by atoms with E-state index in [1.54, 1.807) is 22.7 Å². The lowest BCUT2D eigenvalue weighted by molar-refractivity contribution is 1.46. The van der Waals surface area contributed by atoms with Gasteiger partial charge in [0.25, 0.3) is 0 Å². The van der Waals surface area contributed by atoms with Crippen LogP contribution in [-0.2, 0) is 23.8 Å². The minimum atomic E-state index is 0.552. The Hall–Kier alpha value is -0.780. The molecule has 2 aromatic heterocycles. The molecule has 0 bridgehead atoms. The van der Waals surface area contributed by atoms with Crippen molar-refractivity contribution in [2.75, 3.05) is 5.73 Å². The maximum Gasteiger partial charge on any atom is 0.116 e. The Balaban J connectivity index is 2.12. The van der Waals surface area contributed by atoms with E-state index in [-0.39, 0.29) is 0 Å². The van der Waals surface area contributed by atoms with Gasteiger partial charge in [-0.2, -0.15) is 13.1 Å². The third-order valence-corrected chi connectivity index (χ3v) is 8.27. The molecule has 0 spiro atoms. The highest BCUT2D eigenvalue weighted by Crippen LogP contribution is 2.58. The number of rotatable bonds is 3. The first-order chi connectivity index (χ1) is 12.4. The molecule has 0 saturated carbocycles. The molecule has 0 amide bonds. The van der Waals surface area contributed by atoms with Crippen LogP contribution >= 0.6 is 54.5 Å². The molecule has 1 aliphatic heterocycles. The molecule has 1 aliphatic rings. The second kappa shape index (κ2) is 6.99. The second-order valence-electron chi connectivity index (χ2n) is 5.69. The van der Waals surface area contributed by atoms with E-state index in [9.17, 15) is 0 Å². The minimum absolute atomic E-state index is 0.552. The van der Waals surface area contributed by atoms with Gasteiger partial charge in [-0.05, 0) is 69.0 Å². The van der Waals surface area contributed by atoms with Crippen molar-refractivity contribution in [3.63, 3.8) is 0 Å². The number of fused-ring (bicyclic) bond motifs is 1. The molecule has 10 heteroatoms. The SMILES string of the molecule is Cc1cc(Br)sc1-c1c(N)c(N=S)c(-c2sc(Br)cc2C)c2c1N=S=N2. The zero-order valence-electron chi connectivity index (χ0n) is 13.5. The van der Waals surface area contributed by atoms with Crippen molar-refractivity contribution in [2.45, 2.75) is 13.8 Å². The Morgan fingerprint density at radius 3 is 1.92 bits per heavy atom. The van der Waals surface area contributed by atoms with Crippen LogP contribution in [0, 0.1) is 13.8 Å². The van der Waals surface area contributed by atoms with Crippen molar-refractivity contribution >= 4 is 101 Å². The van der Waals surface area contributed by atoms with Gasteiger partial charge in [-0.15, -0.1) is 22.7 Å². The number of thiophene rings is 2. The fourth-order valence-electron chi connectivity index (χ4n) is 2.93. The summed E-state index contributed by atoms with van der Waals surface area (Å²) < 4.78 is 15.3. The fourth-order valence-corrected chi connectivity index (χ4v) is 7.24. The highest BCUT2D eigenvalue weighted by Gasteiger charge is 2.29.